The molecule has 84 valence electrons. The second-order valence-electron chi connectivity index (χ2n) is 4.30. The van der Waals surface area contributed by atoms with E-state index in [-0.39, 0.29) is 0 Å². The fourth-order valence-electron chi connectivity index (χ4n) is 2.04. The maximum absolute atomic E-state index is 5.70. The Morgan fingerprint density at radius 3 is 2.82 bits per heavy atom. The minimum atomic E-state index is 0.654. The van der Waals surface area contributed by atoms with Crippen molar-refractivity contribution in [1.29, 1.82) is 0 Å². The van der Waals surface area contributed by atoms with Crippen LogP contribution >= 0.6 is 0 Å². The highest BCUT2D eigenvalue weighted by Crippen LogP contribution is 2.28. The van der Waals surface area contributed by atoms with E-state index in [1.54, 1.807) is 0 Å². The molecule has 0 fully saturated rings. The fourth-order valence-corrected chi connectivity index (χ4v) is 2.04. The van der Waals surface area contributed by atoms with Crippen molar-refractivity contribution in [2.24, 2.45) is 0 Å². The molecular formula is C15H13NO. The zero-order valence-corrected chi connectivity index (χ0v) is 9.68. The van der Waals surface area contributed by atoms with Crippen molar-refractivity contribution in [1.82, 2.24) is 4.98 Å². The maximum Gasteiger partial charge on any atom is 0.219 e. The highest BCUT2D eigenvalue weighted by molar-refractivity contribution is 5.63. The van der Waals surface area contributed by atoms with E-state index in [1.165, 1.54) is 16.7 Å². The molecule has 0 spiro atoms. The Morgan fingerprint density at radius 2 is 2.00 bits per heavy atom. The second kappa shape index (κ2) is 4.06. The van der Waals surface area contributed by atoms with Gasteiger partial charge in [-0.1, -0.05) is 29.8 Å². The molecule has 2 heteroatoms. The molecule has 0 bridgehead atoms. The standard InChI is InChI=1S/C15H13NO/c1-11-7-12-9-15(16-10-13(12)8-11)17-14-5-3-2-4-6-14/h2-7,9-10H,8H2,1H3. The van der Waals surface area contributed by atoms with E-state index in [0.717, 1.165) is 12.2 Å². The zero-order valence-electron chi connectivity index (χ0n) is 9.68. The van der Waals surface area contributed by atoms with E-state index in [9.17, 15) is 0 Å². The van der Waals surface area contributed by atoms with Gasteiger partial charge in [-0.15, -0.1) is 0 Å². The molecule has 2 nitrogen and oxygen atoms in total. The molecule has 0 unspecified atom stereocenters. The summed E-state index contributed by atoms with van der Waals surface area (Å²) in [6.07, 6.45) is 5.10. The van der Waals surface area contributed by atoms with E-state index in [1.807, 2.05) is 42.6 Å². The summed E-state index contributed by atoms with van der Waals surface area (Å²) in [7, 11) is 0. The minimum absolute atomic E-state index is 0.654. The molecule has 0 atom stereocenters. The molecule has 1 aliphatic carbocycles. The molecule has 0 saturated heterocycles. The number of rotatable bonds is 2. The third kappa shape index (κ3) is 2.07. The molecule has 1 aromatic carbocycles. The van der Waals surface area contributed by atoms with Gasteiger partial charge >= 0.3 is 0 Å². The van der Waals surface area contributed by atoms with Gasteiger partial charge in [0.25, 0.3) is 0 Å². The first kappa shape index (κ1) is 10.1. The molecule has 0 aliphatic heterocycles. The summed E-state index contributed by atoms with van der Waals surface area (Å²) in [4.78, 5) is 4.32. The van der Waals surface area contributed by atoms with Crippen LogP contribution in [-0.2, 0) is 6.42 Å². The van der Waals surface area contributed by atoms with Crippen LogP contribution in [0.1, 0.15) is 18.1 Å². The normalized spacial score (nSPS) is 13.1. The third-order valence-electron chi connectivity index (χ3n) is 2.83. The summed E-state index contributed by atoms with van der Waals surface area (Å²) in [5.41, 5.74) is 3.88. The molecule has 2 aromatic rings. The molecule has 17 heavy (non-hydrogen) atoms. The van der Waals surface area contributed by atoms with Gasteiger partial charge in [0.05, 0.1) is 0 Å². The molecule has 1 aromatic heterocycles. The Labute approximate surface area is 101 Å². The smallest absolute Gasteiger partial charge is 0.219 e. The first-order valence-electron chi connectivity index (χ1n) is 5.70. The van der Waals surface area contributed by atoms with E-state index in [0.29, 0.717) is 5.88 Å². The molecule has 0 saturated carbocycles. The van der Waals surface area contributed by atoms with Gasteiger partial charge in [0.2, 0.25) is 5.88 Å². The number of hydrogen-bond acceptors (Lipinski definition) is 2. The van der Waals surface area contributed by atoms with E-state index in [4.69, 9.17) is 4.74 Å². The summed E-state index contributed by atoms with van der Waals surface area (Å²) < 4.78 is 5.70. The molecule has 1 heterocycles. The first-order chi connectivity index (χ1) is 8.31. The summed E-state index contributed by atoms with van der Waals surface area (Å²) in [6, 6.07) is 11.7. The molecule has 3 rings (SSSR count). The van der Waals surface area contributed by atoms with Crippen LogP contribution in [0.2, 0.25) is 0 Å². The van der Waals surface area contributed by atoms with Gasteiger partial charge in [-0.05, 0) is 36.6 Å². The van der Waals surface area contributed by atoms with Crippen LogP contribution in [0.4, 0.5) is 0 Å². The summed E-state index contributed by atoms with van der Waals surface area (Å²) >= 11 is 0. The topological polar surface area (TPSA) is 22.1 Å². The molecule has 0 N–H and O–H groups in total. The van der Waals surface area contributed by atoms with Gasteiger partial charge in [0.1, 0.15) is 5.75 Å². The van der Waals surface area contributed by atoms with Crippen molar-refractivity contribution >= 4 is 6.08 Å². The van der Waals surface area contributed by atoms with Crippen molar-refractivity contribution in [2.75, 3.05) is 0 Å². The number of hydrogen-bond donors (Lipinski definition) is 0. The van der Waals surface area contributed by atoms with Gasteiger partial charge in [0, 0.05) is 12.3 Å². The summed E-state index contributed by atoms with van der Waals surface area (Å²) in [5, 5.41) is 0. The Morgan fingerprint density at radius 1 is 1.18 bits per heavy atom. The highest BCUT2D eigenvalue weighted by atomic mass is 16.5. The number of fused-ring (bicyclic) bond motifs is 1. The highest BCUT2D eigenvalue weighted by Gasteiger charge is 2.11. The first-order valence-corrected chi connectivity index (χ1v) is 5.70. The Kier molecular flexibility index (Phi) is 2.41. The SMILES string of the molecule is CC1=Cc2cc(Oc3ccccc3)ncc2C1. The predicted molar refractivity (Wildman–Crippen MR) is 68.1 cm³/mol. The Hall–Kier alpha value is -2.09. The van der Waals surface area contributed by atoms with Crippen LogP contribution < -0.4 is 4.74 Å². The summed E-state index contributed by atoms with van der Waals surface area (Å²) in [6.45, 7) is 2.14. The number of allylic oxidation sites excluding steroid dienone is 1. The number of aromatic nitrogens is 1. The monoisotopic (exact) mass is 223 g/mol. The number of para-hydroxylation sites is 1. The lowest BCUT2D eigenvalue weighted by Crippen LogP contribution is -1.90. The summed E-state index contributed by atoms with van der Waals surface area (Å²) in [5.74, 6) is 1.47. The number of ether oxygens (including phenoxy) is 1. The average molecular weight is 223 g/mol. The molecular weight excluding hydrogens is 210 g/mol. The van der Waals surface area contributed by atoms with Crippen LogP contribution in [0.25, 0.3) is 6.08 Å². The van der Waals surface area contributed by atoms with Gasteiger partial charge in [0.15, 0.2) is 0 Å². The molecule has 1 aliphatic rings. The predicted octanol–water partition coefficient (Wildman–Crippen LogP) is 3.83. The van der Waals surface area contributed by atoms with Crippen molar-refractivity contribution in [3.05, 3.63) is 59.3 Å². The van der Waals surface area contributed by atoms with Gasteiger partial charge in [-0.2, -0.15) is 0 Å². The van der Waals surface area contributed by atoms with Crippen LogP contribution in [-0.4, -0.2) is 4.98 Å². The Balaban J connectivity index is 1.88. The van der Waals surface area contributed by atoms with Crippen molar-refractivity contribution in [3.63, 3.8) is 0 Å². The van der Waals surface area contributed by atoms with Crippen LogP contribution in [0.5, 0.6) is 11.6 Å². The Bertz CT molecular complexity index is 573. The van der Waals surface area contributed by atoms with Crippen LogP contribution in [0.3, 0.4) is 0 Å². The van der Waals surface area contributed by atoms with Crippen LogP contribution in [0, 0.1) is 0 Å². The lowest BCUT2D eigenvalue weighted by Gasteiger charge is -2.05. The fraction of sp³-hybridized carbons (Fsp3) is 0.133. The lowest BCUT2D eigenvalue weighted by molar-refractivity contribution is 0.462. The molecule has 0 amide bonds. The zero-order chi connectivity index (χ0) is 11.7. The van der Waals surface area contributed by atoms with Crippen molar-refractivity contribution in [2.45, 2.75) is 13.3 Å². The van der Waals surface area contributed by atoms with E-state index in [2.05, 4.69) is 18.0 Å². The quantitative estimate of drug-likeness (QED) is 0.771. The number of pyridine rings is 1. The van der Waals surface area contributed by atoms with E-state index < -0.39 is 0 Å². The van der Waals surface area contributed by atoms with Crippen molar-refractivity contribution in [3.8, 4) is 11.6 Å². The molecule has 0 radical (unpaired) electrons. The number of benzene rings is 1. The van der Waals surface area contributed by atoms with Gasteiger partial charge in [-0.25, -0.2) is 4.98 Å². The van der Waals surface area contributed by atoms with Gasteiger partial charge < -0.3 is 4.74 Å². The lowest BCUT2D eigenvalue weighted by atomic mass is 10.2. The van der Waals surface area contributed by atoms with Crippen LogP contribution in [0.15, 0.2) is 48.2 Å². The second-order valence-corrected chi connectivity index (χ2v) is 4.30. The maximum atomic E-state index is 5.70. The van der Waals surface area contributed by atoms with Crippen molar-refractivity contribution < 1.29 is 4.74 Å². The van der Waals surface area contributed by atoms with Gasteiger partial charge in [-0.3, -0.25) is 0 Å². The van der Waals surface area contributed by atoms with E-state index >= 15 is 0 Å². The third-order valence-corrected chi connectivity index (χ3v) is 2.83. The largest absolute Gasteiger partial charge is 0.439 e. The average Bonchev–Trinajstić information content (AvgIpc) is 2.70. The minimum Gasteiger partial charge on any atom is -0.439 e. The number of nitrogens with zero attached hydrogens (tertiary/aromatic N) is 1.